The molecule has 23 heavy (non-hydrogen) atoms. The van der Waals surface area contributed by atoms with Crippen LogP contribution in [0.5, 0.6) is 0 Å². The zero-order valence-electron chi connectivity index (χ0n) is 12.2. The molecule has 0 saturated carbocycles. The van der Waals surface area contributed by atoms with E-state index in [0.29, 0.717) is 5.56 Å². The van der Waals surface area contributed by atoms with Crippen molar-refractivity contribution in [2.24, 2.45) is 4.99 Å². The summed E-state index contributed by atoms with van der Waals surface area (Å²) in [5.74, 6) is -0.510. The molecular weight excluding hydrogens is 296 g/mol. The van der Waals surface area contributed by atoms with Crippen LogP contribution in [0.4, 0.5) is 5.69 Å². The number of nitro groups is 1. The van der Waals surface area contributed by atoms with Gasteiger partial charge >= 0.3 is 5.97 Å². The first-order valence-corrected chi connectivity index (χ1v) is 6.87. The van der Waals surface area contributed by atoms with Crippen molar-refractivity contribution in [3.8, 4) is 0 Å². The van der Waals surface area contributed by atoms with Gasteiger partial charge in [-0.05, 0) is 24.6 Å². The average Bonchev–Trinajstić information content (AvgIpc) is 2.91. The third-order valence-corrected chi connectivity index (χ3v) is 3.31. The first kappa shape index (κ1) is 14.6. The fraction of sp³-hybridized carbons (Fsp3) is 0.0588. The number of benzene rings is 2. The summed E-state index contributed by atoms with van der Waals surface area (Å²) >= 11 is 0. The van der Waals surface area contributed by atoms with Crippen LogP contribution in [0.2, 0.25) is 0 Å². The Labute approximate surface area is 131 Å². The molecule has 6 heteroatoms. The van der Waals surface area contributed by atoms with E-state index < -0.39 is 10.9 Å². The number of esters is 1. The lowest BCUT2D eigenvalue weighted by atomic mass is 10.1. The Morgan fingerprint density at radius 2 is 1.91 bits per heavy atom. The highest BCUT2D eigenvalue weighted by Gasteiger charge is 2.25. The van der Waals surface area contributed by atoms with E-state index in [1.165, 1.54) is 18.2 Å². The molecule has 0 atom stereocenters. The van der Waals surface area contributed by atoms with Crippen molar-refractivity contribution in [1.29, 1.82) is 0 Å². The molecule has 1 aliphatic rings. The van der Waals surface area contributed by atoms with Gasteiger partial charge in [0.25, 0.3) is 5.69 Å². The average molecular weight is 308 g/mol. The minimum Gasteiger partial charge on any atom is -0.402 e. The Bertz CT molecular complexity index is 851. The number of carbonyl (C=O) groups is 1. The van der Waals surface area contributed by atoms with Crippen LogP contribution in [0.25, 0.3) is 6.08 Å². The first-order chi connectivity index (χ1) is 11.0. The van der Waals surface area contributed by atoms with Crippen LogP contribution in [0.1, 0.15) is 16.7 Å². The van der Waals surface area contributed by atoms with E-state index in [4.69, 9.17) is 4.74 Å². The van der Waals surface area contributed by atoms with Crippen molar-refractivity contribution in [3.63, 3.8) is 0 Å². The van der Waals surface area contributed by atoms with Crippen molar-refractivity contribution in [2.75, 3.05) is 0 Å². The van der Waals surface area contributed by atoms with Crippen LogP contribution in [-0.2, 0) is 9.53 Å². The maximum absolute atomic E-state index is 11.9. The van der Waals surface area contributed by atoms with Gasteiger partial charge in [-0.2, -0.15) is 0 Å². The molecule has 3 rings (SSSR count). The van der Waals surface area contributed by atoms with E-state index in [1.54, 1.807) is 12.1 Å². The highest BCUT2D eigenvalue weighted by Crippen LogP contribution is 2.21. The normalized spacial score (nSPS) is 15.4. The smallest absolute Gasteiger partial charge is 0.363 e. The lowest BCUT2D eigenvalue weighted by Gasteiger charge is -1.98. The molecular formula is C17H12N2O4. The summed E-state index contributed by atoms with van der Waals surface area (Å²) in [6.45, 7) is 1.97. The van der Waals surface area contributed by atoms with Gasteiger partial charge in [-0.25, -0.2) is 9.79 Å². The highest BCUT2D eigenvalue weighted by atomic mass is 16.6. The zero-order chi connectivity index (χ0) is 16.4. The number of aliphatic imine (C=N–C) groups is 1. The number of carbonyl (C=O) groups excluding carboxylic acids is 1. The van der Waals surface area contributed by atoms with Crippen LogP contribution in [-0.4, -0.2) is 16.8 Å². The summed E-state index contributed by atoms with van der Waals surface area (Å²) in [5, 5.41) is 10.8. The van der Waals surface area contributed by atoms with E-state index in [1.807, 2.05) is 31.2 Å². The van der Waals surface area contributed by atoms with Crippen LogP contribution in [0, 0.1) is 17.0 Å². The Kier molecular flexibility index (Phi) is 3.72. The number of non-ortho nitro benzene ring substituents is 1. The van der Waals surface area contributed by atoms with Crippen LogP contribution in [0.3, 0.4) is 0 Å². The number of ether oxygens (including phenoxy) is 1. The number of aryl methyl sites for hydroxylation is 1. The molecule has 0 bridgehead atoms. The van der Waals surface area contributed by atoms with Gasteiger partial charge in [0.2, 0.25) is 5.90 Å². The predicted octanol–water partition coefficient (Wildman–Crippen LogP) is 3.25. The first-order valence-electron chi connectivity index (χ1n) is 6.87. The molecule has 0 saturated heterocycles. The molecule has 1 aliphatic heterocycles. The summed E-state index contributed by atoms with van der Waals surface area (Å²) in [6, 6.07) is 13.4. The van der Waals surface area contributed by atoms with Crippen molar-refractivity contribution in [1.82, 2.24) is 0 Å². The molecule has 6 nitrogen and oxygen atoms in total. The second kappa shape index (κ2) is 5.84. The van der Waals surface area contributed by atoms with Gasteiger partial charge in [0.05, 0.1) is 4.92 Å². The Hall–Kier alpha value is -3.28. The lowest BCUT2D eigenvalue weighted by molar-refractivity contribution is -0.384. The minimum atomic E-state index is -0.577. The highest BCUT2D eigenvalue weighted by molar-refractivity contribution is 6.13. The largest absolute Gasteiger partial charge is 0.402 e. The van der Waals surface area contributed by atoms with E-state index >= 15 is 0 Å². The Morgan fingerprint density at radius 3 is 2.61 bits per heavy atom. The van der Waals surface area contributed by atoms with Gasteiger partial charge in [-0.15, -0.1) is 0 Å². The number of rotatable bonds is 3. The number of nitrogens with zero attached hydrogens (tertiary/aromatic N) is 2. The summed E-state index contributed by atoms with van der Waals surface area (Å²) in [6.07, 6.45) is 1.62. The van der Waals surface area contributed by atoms with Gasteiger partial charge in [-0.1, -0.05) is 35.9 Å². The second-order valence-corrected chi connectivity index (χ2v) is 5.05. The molecule has 0 fully saturated rings. The van der Waals surface area contributed by atoms with Gasteiger partial charge in [0.15, 0.2) is 5.70 Å². The lowest BCUT2D eigenvalue weighted by Crippen LogP contribution is -2.05. The fourth-order valence-corrected chi connectivity index (χ4v) is 2.11. The molecule has 1 heterocycles. The van der Waals surface area contributed by atoms with E-state index in [2.05, 4.69) is 4.99 Å². The monoisotopic (exact) mass is 308 g/mol. The second-order valence-electron chi connectivity index (χ2n) is 5.05. The number of nitro benzene ring substituents is 1. The molecule has 114 valence electrons. The number of hydrogen-bond acceptors (Lipinski definition) is 5. The Morgan fingerprint density at radius 1 is 1.17 bits per heavy atom. The molecule has 0 unspecified atom stereocenters. The van der Waals surface area contributed by atoms with Crippen LogP contribution >= 0.6 is 0 Å². The van der Waals surface area contributed by atoms with Crippen molar-refractivity contribution in [2.45, 2.75) is 6.92 Å². The quantitative estimate of drug-likeness (QED) is 0.377. The summed E-state index contributed by atoms with van der Waals surface area (Å²) < 4.78 is 5.11. The van der Waals surface area contributed by atoms with Crippen LogP contribution in [0.15, 0.2) is 59.2 Å². The SMILES string of the molecule is Cc1ccc(/C=C2/N=C(c3cccc([N+](=O)[O-])c3)OC2=O)cc1. The molecule has 0 radical (unpaired) electrons. The summed E-state index contributed by atoms with van der Waals surface area (Å²) in [5.41, 5.74) is 2.40. The van der Waals surface area contributed by atoms with Crippen molar-refractivity contribution < 1.29 is 14.5 Å². The molecule has 2 aromatic rings. The van der Waals surface area contributed by atoms with Gasteiger partial charge in [-0.3, -0.25) is 10.1 Å². The van der Waals surface area contributed by atoms with E-state index in [0.717, 1.165) is 11.1 Å². The summed E-state index contributed by atoms with van der Waals surface area (Å²) in [7, 11) is 0. The topological polar surface area (TPSA) is 81.8 Å². The fourth-order valence-electron chi connectivity index (χ4n) is 2.11. The zero-order valence-corrected chi connectivity index (χ0v) is 12.2. The van der Waals surface area contributed by atoms with Gasteiger partial charge in [0, 0.05) is 17.7 Å². The van der Waals surface area contributed by atoms with E-state index in [-0.39, 0.29) is 17.3 Å². The maximum Gasteiger partial charge on any atom is 0.363 e. The molecule has 0 spiro atoms. The van der Waals surface area contributed by atoms with E-state index in [9.17, 15) is 14.9 Å². The molecule has 0 aliphatic carbocycles. The predicted molar refractivity (Wildman–Crippen MR) is 84.9 cm³/mol. The molecule has 0 aromatic heterocycles. The standard InChI is InChI=1S/C17H12N2O4/c1-11-5-7-12(8-6-11)9-15-17(20)23-16(18-15)13-3-2-4-14(10-13)19(21)22/h2-10H,1H3/b15-9+. The number of cyclic esters (lactones) is 1. The Balaban J connectivity index is 1.93. The van der Waals surface area contributed by atoms with Gasteiger partial charge in [0.1, 0.15) is 0 Å². The number of hydrogen-bond donors (Lipinski definition) is 0. The van der Waals surface area contributed by atoms with Crippen molar-refractivity contribution >= 4 is 23.6 Å². The van der Waals surface area contributed by atoms with Crippen molar-refractivity contribution in [3.05, 3.63) is 81.0 Å². The van der Waals surface area contributed by atoms with Gasteiger partial charge < -0.3 is 4.74 Å². The minimum absolute atomic E-state index is 0.0667. The molecule has 0 N–H and O–H groups in total. The molecule has 0 amide bonds. The third-order valence-electron chi connectivity index (χ3n) is 3.31. The maximum atomic E-state index is 11.9. The third kappa shape index (κ3) is 3.16. The van der Waals surface area contributed by atoms with Crippen LogP contribution < -0.4 is 0 Å². The molecule has 2 aromatic carbocycles. The summed E-state index contributed by atoms with van der Waals surface area (Å²) in [4.78, 5) is 26.4.